The first-order valence-corrected chi connectivity index (χ1v) is 9.17. The maximum Gasteiger partial charge on any atom is 0.303 e. The first-order chi connectivity index (χ1) is 11.8. The molecule has 0 atom stereocenters. The van der Waals surface area contributed by atoms with Crippen LogP contribution in [0.2, 0.25) is 0 Å². The number of halogens is 2. The average Bonchev–Trinajstić information content (AvgIpc) is 2.59. The Balaban J connectivity index is 2.31. The molecule has 0 unspecified atom stereocenters. The largest absolute Gasteiger partial charge is 0.481 e. The molecule has 1 amide bonds. The molecule has 0 aromatic heterocycles. The maximum atomic E-state index is 12.7. The highest BCUT2D eigenvalue weighted by Gasteiger charge is 2.39. The van der Waals surface area contributed by atoms with Gasteiger partial charge in [0, 0.05) is 21.9 Å². The number of hydrogen-bond acceptors (Lipinski definition) is 3. The molecule has 0 aliphatic heterocycles. The molecule has 132 valence electrons. The molecule has 0 saturated heterocycles. The lowest BCUT2D eigenvalue weighted by Gasteiger charge is -2.28. The average molecular weight is 471 g/mol. The third kappa shape index (κ3) is 4.90. The van der Waals surface area contributed by atoms with E-state index in [-0.39, 0.29) is 19.4 Å². The van der Waals surface area contributed by atoms with E-state index in [1.807, 2.05) is 0 Å². The number of nitrogens with one attached hydrogen (secondary N) is 1. The van der Waals surface area contributed by atoms with Crippen LogP contribution in [0, 0.1) is 0 Å². The standard InChI is InChI=1S/C18H17Br2NO4/c19-14-7-3-12(4-8-14)18(25,13-5-9-15(20)10-6-13)17(24)21-11-1-2-16(22)23/h3-10,25H,1-2,11H2,(H,21,24)(H,22,23). The maximum absolute atomic E-state index is 12.7. The number of hydrogen-bond donors (Lipinski definition) is 3. The van der Waals surface area contributed by atoms with Crippen molar-refractivity contribution in [1.29, 1.82) is 0 Å². The molecule has 0 aliphatic rings. The lowest BCUT2D eigenvalue weighted by molar-refractivity contribution is -0.138. The van der Waals surface area contributed by atoms with Crippen molar-refractivity contribution in [2.75, 3.05) is 6.54 Å². The van der Waals surface area contributed by atoms with Crippen molar-refractivity contribution in [2.45, 2.75) is 18.4 Å². The van der Waals surface area contributed by atoms with Gasteiger partial charge in [0.2, 0.25) is 0 Å². The van der Waals surface area contributed by atoms with Crippen LogP contribution >= 0.6 is 31.9 Å². The van der Waals surface area contributed by atoms with Crippen LogP contribution < -0.4 is 5.32 Å². The molecule has 0 radical (unpaired) electrons. The number of benzene rings is 2. The van der Waals surface area contributed by atoms with E-state index in [2.05, 4.69) is 37.2 Å². The van der Waals surface area contributed by atoms with E-state index in [1.165, 1.54) is 0 Å². The monoisotopic (exact) mass is 469 g/mol. The lowest BCUT2D eigenvalue weighted by atomic mass is 9.85. The normalized spacial score (nSPS) is 11.2. The molecule has 0 fully saturated rings. The molecular formula is C18H17Br2NO4. The number of carboxylic acid groups (broad SMARTS) is 1. The summed E-state index contributed by atoms with van der Waals surface area (Å²) in [7, 11) is 0. The predicted molar refractivity (Wildman–Crippen MR) is 101 cm³/mol. The predicted octanol–water partition coefficient (Wildman–Crippen LogP) is 3.43. The summed E-state index contributed by atoms with van der Waals surface area (Å²) in [5, 5.41) is 22.6. The number of carboxylic acids is 1. The smallest absolute Gasteiger partial charge is 0.303 e. The van der Waals surface area contributed by atoms with Crippen LogP contribution in [-0.4, -0.2) is 28.6 Å². The van der Waals surface area contributed by atoms with E-state index in [4.69, 9.17) is 5.11 Å². The molecular weight excluding hydrogens is 454 g/mol. The summed E-state index contributed by atoms with van der Waals surface area (Å²) in [5.41, 5.74) is -1.02. The van der Waals surface area contributed by atoms with Crippen LogP contribution in [0.4, 0.5) is 0 Å². The first kappa shape index (κ1) is 19.6. The van der Waals surface area contributed by atoms with Gasteiger partial charge in [-0.15, -0.1) is 0 Å². The third-order valence-corrected chi connectivity index (χ3v) is 4.76. The van der Waals surface area contributed by atoms with Crippen molar-refractivity contribution >= 4 is 43.7 Å². The van der Waals surface area contributed by atoms with Gasteiger partial charge in [0.25, 0.3) is 5.91 Å². The van der Waals surface area contributed by atoms with Gasteiger partial charge < -0.3 is 15.5 Å². The highest BCUT2D eigenvalue weighted by Crippen LogP contribution is 2.31. The van der Waals surface area contributed by atoms with E-state index >= 15 is 0 Å². The molecule has 3 N–H and O–H groups in total. The molecule has 0 bridgehead atoms. The second kappa shape index (κ2) is 8.60. The summed E-state index contributed by atoms with van der Waals surface area (Å²) >= 11 is 6.67. The van der Waals surface area contributed by atoms with Gasteiger partial charge in [0.05, 0.1) is 0 Å². The van der Waals surface area contributed by atoms with Gasteiger partial charge in [-0.25, -0.2) is 0 Å². The Morgan fingerprint density at radius 1 is 0.920 bits per heavy atom. The fraction of sp³-hybridized carbons (Fsp3) is 0.222. The van der Waals surface area contributed by atoms with Gasteiger partial charge in [-0.3, -0.25) is 9.59 Å². The van der Waals surface area contributed by atoms with Crippen LogP contribution in [0.15, 0.2) is 57.5 Å². The highest BCUT2D eigenvalue weighted by atomic mass is 79.9. The minimum Gasteiger partial charge on any atom is -0.481 e. The summed E-state index contributed by atoms with van der Waals surface area (Å²) in [6.45, 7) is 0.167. The van der Waals surface area contributed by atoms with Gasteiger partial charge in [-0.05, 0) is 41.8 Å². The number of carbonyl (C=O) groups excluding carboxylic acids is 1. The Morgan fingerprint density at radius 3 is 1.76 bits per heavy atom. The number of carbonyl (C=O) groups is 2. The van der Waals surface area contributed by atoms with Crippen molar-refractivity contribution in [1.82, 2.24) is 5.32 Å². The number of rotatable bonds is 7. The molecule has 2 aromatic carbocycles. The first-order valence-electron chi connectivity index (χ1n) is 7.58. The SMILES string of the molecule is O=C(O)CCCNC(=O)C(O)(c1ccc(Br)cc1)c1ccc(Br)cc1. The van der Waals surface area contributed by atoms with Crippen LogP contribution in [0.25, 0.3) is 0 Å². The molecule has 0 aliphatic carbocycles. The van der Waals surface area contributed by atoms with Crippen molar-refractivity contribution < 1.29 is 19.8 Å². The zero-order chi connectivity index (χ0) is 18.4. The molecule has 2 aromatic rings. The van der Waals surface area contributed by atoms with E-state index in [1.54, 1.807) is 48.5 Å². The van der Waals surface area contributed by atoms with Gasteiger partial charge in [0.1, 0.15) is 0 Å². The fourth-order valence-corrected chi connectivity index (χ4v) is 2.91. The second-order valence-corrected chi connectivity index (χ2v) is 7.31. The third-order valence-electron chi connectivity index (χ3n) is 3.71. The Bertz CT molecular complexity index is 699. The number of aliphatic carboxylic acids is 1. The van der Waals surface area contributed by atoms with Crippen molar-refractivity contribution in [3.05, 3.63) is 68.6 Å². The minimum absolute atomic E-state index is 0.0464. The Morgan fingerprint density at radius 2 is 1.36 bits per heavy atom. The topological polar surface area (TPSA) is 86.6 Å². The second-order valence-electron chi connectivity index (χ2n) is 5.48. The van der Waals surface area contributed by atoms with Gasteiger partial charge in [-0.1, -0.05) is 56.1 Å². The summed E-state index contributed by atoms with van der Waals surface area (Å²) in [4.78, 5) is 23.3. The van der Waals surface area contributed by atoms with Crippen LogP contribution in [-0.2, 0) is 15.2 Å². The van der Waals surface area contributed by atoms with Crippen molar-refractivity contribution in [3.8, 4) is 0 Å². The molecule has 0 saturated carbocycles. The van der Waals surface area contributed by atoms with E-state index in [0.717, 1.165) is 8.95 Å². The van der Waals surface area contributed by atoms with Crippen molar-refractivity contribution in [3.63, 3.8) is 0 Å². The summed E-state index contributed by atoms with van der Waals surface area (Å²) in [5.74, 6) is -1.52. The Kier molecular flexibility index (Phi) is 6.75. The van der Waals surface area contributed by atoms with Crippen LogP contribution in [0.3, 0.4) is 0 Å². The quantitative estimate of drug-likeness (QED) is 0.541. The summed E-state index contributed by atoms with van der Waals surface area (Å²) in [6.07, 6.45) is 0.243. The fourth-order valence-electron chi connectivity index (χ4n) is 2.38. The molecule has 0 heterocycles. The van der Waals surface area contributed by atoms with Crippen LogP contribution in [0.1, 0.15) is 24.0 Å². The van der Waals surface area contributed by atoms with Gasteiger partial charge in [-0.2, -0.15) is 0 Å². The zero-order valence-corrected chi connectivity index (χ0v) is 16.4. The van der Waals surface area contributed by atoms with Crippen molar-refractivity contribution in [2.24, 2.45) is 0 Å². The van der Waals surface area contributed by atoms with E-state index in [0.29, 0.717) is 11.1 Å². The lowest BCUT2D eigenvalue weighted by Crippen LogP contribution is -2.45. The van der Waals surface area contributed by atoms with E-state index in [9.17, 15) is 14.7 Å². The molecule has 2 rings (SSSR count). The summed E-state index contributed by atoms with van der Waals surface area (Å²) in [6, 6.07) is 13.7. The zero-order valence-electron chi connectivity index (χ0n) is 13.2. The Labute approximate surface area is 162 Å². The highest BCUT2D eigenvalue weighted by molar-refractivity contribution is 9.10. The van der Waals surface area contributed by atoms with Gasteiger partial charge >= 0.3 is 5.97 Å². The molecule has 5 nitrogen and oxygen atoms in total. The van der Waals surface area contributed by atoms with E-state index < -0.39 is 17.5 Å². The molecule has 7 heteroatoms. The number of aliphatic hydroxyl groups is 1. The molecule has 25 heavy (non-hydrogen) atoms. The number of amides is 1. The molecule has 0 spiro atoms. The van der Waals surface area contributed by atoms with Crippen LogP contribution in [0.5, 0.6) is 0 Å². The van der Waals surface area contributed by atoms with Gasteiger partial charge in [0.15, 0.2) is 5.60 Å². The summed E-state index contributed by atoms with van der Waals surface area (Å²) < 4.78 is 1.66. The Hall–Kier alpha value is -1.70. The minimum atomic E-state index is -1.87.